The Kier molecular flexibility index (Phi) is 4.35. The van der Waals surface area contributed by atoms with Crippen LogP contribution in [0.3, 0.4) is 0 Å². The minimum absolute atomic E-state index is 0.0767. The molecule has 1 heterocycles. The third-order valence-electron chi connectivity index (χ3n) is 4.23. The molecule has 118 valence electrons. The quantitative estimate of drug-likeness (QED) is 0.579. The van der Waals surface area contributed by atoms with Crippen molar-refractivity contribution in [3.05, 3.63) is 27.0 Å². The molecule has 2 atom stereocenters. The summed E-state index contributed by atoms with van der Waals surface area (Å²) in [6, 6.07) is 0. The Balaban J connectivity index is 2.40. The highest BCUT2D eigenvalue weighted by molar-refractivity contribution is 7.89. The summed E-state index contributed by atoms with van der Waals surface area (Å²) in [5.41, 5.74) is 3.36. The summed E-state index contributed by atoms with van der Waals surface area (Å²) in [6.07, 6.45) is 4.32. The number of nitrogens with two attached hydrogens (primary N) is 1. The molecular weight excluding hydrogens is 296 g/mol. The monoisotopic (exact) mass is 316 g/mol. The van der Waals surface area contributed by atoms with E-state index in [4.69, 9.17) is 5.73 Å². The maximum atomic E-state index is 12.4. The highest BCUT2D eigenvalue weighted by Gasteiger charge is 2.41. The summed E-state index contributed by atoms with van der Waals surface area (Å²) in [7, 11) is -4.05. The van der Waals surface area contributed by atoms with Gasteiger partial charge in [-0.1, -0.05) is 19.8 Å². The largest absolute Gasteiger partial charge is 0.329 e. The Morgan fingerprint density at radius 2 is 2.14 bits per heavy atom. The van der Waals surface area contributed by atoms with Gasteiger partial charge >= 0.3 is 5.69 Å². The van der Waals surface area contributed by atoms with Crippen LogP contribution < -0.4 is 21.7 Å². The zero-order valence-corrected chi connectivity index (χ0v) is 12.6. The molecule has 1 aliphatic rings. The summed E-state index contributed by atoms with van der Waals surface area (Å²) in [4.78, 5) is 26.2. The van der Waals surface area contributed by atoms with Gasteiger partial charge in [0.1, 0.15) is 0 Å². The van der Waals surface area contributed by atoms with Gasteiger partial charge in [-0.2, -0.15) is 0 Å². The van der Waals surface area contributed by atoms with Gasteiger partial charge in [0.05, 0.1) is 0 Å². The topological polar surface area (TPSA) is 138 Å². The lowest BCUT2D eigenvalue weighted by Gasteiger charge is -2.42. The van der Waals surface area contributed by atoms with Gasteiger partial charge in [-0.05, 0) is 18.8 Å². The Morgan fingerprint density at radius 3 is 2.71 bits per heavy atom. The Labute approximate surface area is 122 Å². The van der Waals surface area contributed by atoms with E-state index in [9.17, 15) is 18.0 Å². The molecule has 1 aliphatic carbocycles. The zero-order chi connectivity index (χ0) is 15.7. The lowest BCUT2D eigenvalue weighted by molar-refractivity contribution is 0.191. The third kappa shape index (κ3) is 3.09. The van der Waals surface area contributed by atoms with Crippen LogP contribution in [0, 0.1) is 5.92 Å². The second-order valence-electron chi connectivity index (χ2n) is 5.55. The van der Waals surface area contributed by atoms with Crippen molar-refractivity contribution in [2.24, 2.45) is 11.7 Å². The van der Waals surface area contributed by atoms with E-state index < -0.39 is 31.7 Å². The van der Waals surface area contributed by atoms with Crippen LogP contribution in [-0.4, -0.2) is 30.5 Å². The van der Waals surface area contributed by atoms with Crippen LogP contribution in [0.25, 0.3) is 0 Å². The fraction of sp³-hybridized carbons (Fsp3) is 0.667. The fourth-order valence-electron chi connectivity index (χ4n) is 2.83. The van der Waals surface area contributed by atoms with E-state index in [0.29, 0.717) is 6.42 Å². The molecule has 0 spiro atoms. The van der Waals surface area contributed by atoms with Gasteiger partial charge in [-0.3, -0.25) is 9.78 Å². The number of aromatic amines is 2. The molecule has 0 aromatic carbocycles. The van der Waals surface area contributed by atoms with Gasteiger partial charge in [0.15, 0.2) is 4.90 Å². The molecule has 1 fully saturated rings. The first-order chi connectivity index (χ1) is 9.81. The van der Waals surface area contributed by atoms with Crippen LogP contribution in [0.1, 0.15) is 32.6 Å². The lowest BCUT2D eigenvalue weighted by Crippen LogP contribution is -2.59. The Morgan fingerprint density at radius 1 is 1.43 bits per heavy atom. The van der Waals surface area contributed by atoms with Gasteiger partial charge in [0, 0.05) is 18.3 Å². The average Bonchev–Trinajstić information content (AvgIpc) is 2.40. The first-order valence-corrected chi connectivity index (χ1v) is 8.35. The molecule has 0 saturated heterocycles. The number of rotatable bonds is 4. The van der Waals surface area contributed by atoms with Crippen molar-refractivity contribution >= 4 is 10.0 Å². The zero-order valence-electron chi connectivity index (χ0n) is 11.8. The van der Waals surface area contributed by atoms with E-state index in [2.05, 4.69) is 9.71 Å². The number of hydrogen-bond acceptors (Lipinski definition) is 5. The van der Waals surface area contributed by atoms with Crippen molar-refractivity contribution in [1.29, 1.82) is 0 Å². The smallest absolute Gasteiger partial charge is 0.325 e. The maximum absolute atomic E-state index is 12.4. The molecule has 0 bridgehead atoms. The third-order valence-corrected chi connectivity index (χ3v) is 5.79. The summed E-state index contributed by atoms with van der Waals surface area (Å²) in [5, 5.41) is 0. The summed E-state index contributed by atoms with van der Waals surface area (Å²) in [6.45, 7) is 2.11. The van der Waals surface area contributed by atoms with Crippen molar-refractivity contribution < 1.29 is 8.42 Å². The lowest BCUT2D eigenvalue weighted by atomic mass is 9.74. The molecule has 0 radical (unpaired) electrons. The molecule has 9 heteroatoms. The highest BCUT2D eigenvalue weighted by atomic mass is 32.2. The number of H-pyrrole nitrogens is 2. The first kappa shape index (κ1) is 15.9. The van der Waals surface area contributed by atoms with Gasteiger partial charge in [0.2, 0.25) is 10.0 Å². The van der Waals surface area contributed by atoms with Crippen molar-refractivity contribution in [2.75, 3.05) is 6.54 Å². The standard InChI is InChI=1S/C12H20N4O4S/c1-8-4-2-3-5-12(8,7-13)16-21(19,20)9-6-14-11(18)15-10(9)17/h6,8,16H,2-5,7,13H2,1H3,(H2,14,15,17,18). The molecule has 0 amide bonds. The predicted octanol–water partition coefficient (Wildman–Crippen LogP) is -0.751. The molecule has 0 aliphatic heterocycles. The normalized spacial score (nSPS) is 26.7. The van der Waals surface area contributed by atoms with Gasteiger partial charge in [-0.15, -0.1) is 0 Å². The van der Waals surface area contributed by atoms with Crippen LogP contribution in [-0.2, 0) is 10.0 Å². The van der Waals surface area contributed by atoms with Crippen LogP contribution in [0.15, 0.2) is 20.7 Å². The first-order valence-electron chi connectivity index (χ1n) is 6.87. The van der Waals surface area contributed by atoms with Crippen molar-refractivity contribution in [1.82, 2.24) is 14.7 Å². The molecule has 1 aromatic heterocycles. The van der Waals surface area contributed by atoms with Crippen LogP contribution in [0.5, 0.6) is 0 Å². The van der Waals surface area contributed by atoms with Crippen molar-refractivity contribution in [2.45, 2.75) is 43.0 Å². The molecular formula is C12H20N4O4S. The van der Waals surface area contributed by atoms with Crippen molar-refractivity contribution in [3.63, 3.8) is 0 Å². The average molecular weight is 316 g/mol. The summed E-state index contributed by atoms with van der Waals surface area (Å²) < 4.78 is 27.5. The molecule has 1 saturated carbocycles. The Bertz CT molecular complexity index is 723. The predicted molar refractivity (Wildman–Crippen MR) is 77.4 cm³/mol. The van der Waals surface area contributed by atoms with E-state index in [1.54, 1.807) is 0 Å². The number of sulfonamides is 1. The molecule has 2 rings (SSSR count). The van der Waals surface area contributed by atoms with Gasteiger partial charge < -0.3 is 10.7 Å². The SMILES string of the molecule is CC1CCCCC1(CN)NS(=O)(=O)c1c[nH]c(=O)[nH]c1=O. The number of hydrogen-bond donors (Lipinski definition) is 4. The summed E-state index contributed by atoms with van der Waals surface area (Å²) >= 11 is 0. The second-order valence-corrected chi connectivity index (χ2v) is 7.20. The fourth-order valence-corrected chi connectivity index (χ4v) is 4.37. The van der Waals surface area contributed by atoms with E-state index in [1.165, 1.54) is 0 Å². The molecule has 5 N–H and O–H groups in total. The molecule has 21 heavy (non-hydrogen) atoms. The van der Waals surface area contributed by atoms with Crippen LogP contribution in [0.2, 0.25) is 0 Å². The number of aromatic nitrogens is 2. The highest BCUT2D eigenvalue weighted by Crippen LogP contribution is 2.33. The molecule has 2 unspecified atom stereocenters. The molecule has 8 nitrogen and oxygen atoms in total. The van der Waals surface area contributed by atoms with Crippen molar-refractivity contribution in [3.8, 4) is 0 Å². The van der Waals surface area contributed by atoms with E-state index in [-0.39, 0.29) is 12.5 Å². The number of nitrogens with one attached hydrogen (secondary N) is 3. The van der Waals surface area contributed by atoms with Crippen LogP contribution in [0.4, 0.5) is 0 Å². The minimum atomic E-state index is -4.05. The second kappa shape index (κ2) is 5.74. The Hall–Kier alpha value is -1.45. The maximum Gasteiger partial charge on any atom is 0.325 e. The van der Waals surface area contributed by atoms with Crippen LogP contribution >= 0.6 is 0 Å². The molecule has 1 aromatic rings. The van der Waals surface area contributed by atoms with Gasteiger partial charge in [-0.25, -0.2) is 17.9 Å². The van der Waals surface area contributed by atoms with E-state index in [0.717, 1.165) is 25.5 Å². The van der Waals surface area contributed by atoms with E-state index in [1.807, 2.05) is 11.9 Å². The summed E-state index contributed by atoms with van der Waals surface area (Å²) in [5.74, 6) is 0.0767. The minimum Gasteiger partial charge on any atom is -0.329 e. The van der Waals surface area contributed by atoms with E-state index >= 15 is 0 Å². The van der Waals surface area contributed by atoms with Gasteiger partial charge in [0.25, 0.3) is 5.56 Å².